The molecule has 0 saturated carbocycles. The number of halogens is 1. The van der Waals surface area contributed by atoms with Crippen LogP contribution < -0.4 is 10.9 Å². The largest absolute Gasteiger partial charge is 0.273 e. The molecule has 0 atom stereocenters. The molecule has 2 aromatic carbocycles. The Balaban J connectivity index is 1.65. The van der Waals surface area contributed by atoms with E-state index in [0.717, 1.165) is 26.7 Å². The van der Waals surface area contributed by atoms with Gasteiger partial charge in [0.25, 0.3) is 5.91 Å². The van der Waals surface area contributed by atoms with Crippen molar-refractivity contribution in [3.63, 3.8) is 0 Å². The summed E-state index contributed by atoms with van der Waals surface area (Å²) in [5.41, 5.74) is 8.21. The molecule has 0 aliphatic rings. The van der Waals surface area contributed by atoms with Crippen LogP contribution in [0.3, 0.4) is 0 Å². The van der Waals surface area contributed by atoms with E-state index < -0.39 is 5.91 Å². The van der Waals surface area contributed by atoms with Crippen LogP contribution in [-0.4, -0.2) is 16.8 Å². The van der Waals surface area contributed by atoms with E-state index >= 15 is 0 Å². The minimum atomic E-state index is -0.403. The molecule has 0 bridgehead atoms. The van der Waals surface area contributed by atoms with Gasteiger partial charge in [-0.05, 0) is 38.1 Å². The molecule has 0 saturated heterocycles. The summed E-state index contributed by atoms with van der Waals surface area (Å²) in [6, 6.07) is 14.4. The van der Waals surface area contributed by atoms with E-state index in [1.54, 1.807) is 24.3 Å². The Morgan fingerprint density at radius 2 is 1.67 bits per heavy atom. The average molecular weight is 400 g/mol. The highest BCUT2D eigenvalue weighted by Crippen LogP contribution is 2.28. The van der Waals surface area contributed by atoms with E-state index in [9.17, 15) is 9.59 Å². The number of nitrogens with zero attached hydrogens (tertiary/aromatic N) is 1. The quantitative estimate of drug-likeness (QED) is 0.649. The number of hydrogen-bond acceptors (Lipinski definition) is 4. The number of aryl methyl sites for hydroxylation is 2. The van der Waals surface area contributed by atoms with E-state index in [4.69, 9.17) is 11.6 Å². The van der Waals surface area contributed by atoms with E-state index in [1.807, 2.05) is 38.1 Å². The average Bonchev–Trinajstić information content (AvgIpc) is 3.01. The standard InChI is InChI=1S/C20H18ClN3O2S/c1-12-3-5-14(6-4-12)19-17(27-13(2)22-19)11-18(25)23-24-20(26)15-7-9-16(21)10-8-15/h3-10H,11H2,1-2H3,(H,23,25)(H,24,26). The summed E-state index contributed by atoms with van der Waals surface area (Å²) in [4.78, 5) is 29.7. The van der Waals surface area contributed by atoms with E-state index in [2.05, 4.69) is 15.8 Å². The molecule has 1 aromatic heterocycles. The number of hydrogen-bond donors (Lipinski definition) is 2. The van der Waals surface area contributed by atoms with Crippen molar-refractivity contribution in [3.8, 4) is 11.3 Å². The number of benzene rings is 2. The lowest BCUT2D eigenvalue weighted by Crippen LogP contribution is -2.42. The first-order valence-corrected chi connectivity index (χ1v) is 9.50. The van der Waals surface area contributed by atoms with Crippen molar-refractivity contribution >= 4 is 34.8 Å². The molecule has 1 heterocycles. The molecular formula is C20H18ClN3O2S. The van der Waals surface area contributed by atoms with Crippen LogP contribution in [0.2, 0.25) is 5.02 Å². The van der Waals surface area contributed by atoms with Crippen molar-refractivity contribution < 1.29 is 9.59 Å². The topological polar surface area (TPSA) is 71.1 Å². The molecule has 0 unspecified atom stereocenters. The Labute approximate surface area is 166 Å². The molecule has 3 rings (SSSR count). The smallest absolute Gasteiger partial charge is 0.269 e. The summed E-state index contributed by atoms with van der Waals surface area (Å²) in [6.45, 7) is 3.93. The molecule has 7 heteroatoms. The van der Waals surface area contributed by atoms with Crippen LogP contribution in [0.25, 0.3) is 11.3 Å². The molecule has 0 aliphatic carbocycles. The van der Waals surface area contributed by atoms with Gasteiger partial charge in [0.15, 0.2) is 0 Å². The van der Waals surface area contributed by atoms with Crippen LogP contribution in [0.15, 0.2) is 48.5 Å². The van der Waals surface area contributed by atoms with Crippen molar-refractivity contribution in [2.24, 2.45) is 0 Å². The number of aromatic nitrogens is 1. The predicted molar refractivity (Wildman–Crippen MR) is 108 cm³/mol. The third kappa shape index (κ3) is 4.93. The van der Waals surface area contributed by atoms with Gasteiger partial charge in [-0.2, -0.15) is 0 Å². The van der Waals surface area contributed by atoms with Gasteiger partial charge in [0.1, 0.15) is 0 Å². The number of hydrazine groups is 1. The Bertz CT molecular complexity index is 966. The zero-order valence-corrected chi connectivity index (χ0v) is 16.4. The Morgan fingerprint density at radius 3 is 2.33 bits per heavy atom. The second-order valence-electron chi connectivity index (χ2n) is 6.06. The van der Waals surface area contributed by atoms with E-state index in [1.165, 1.54) is 11.3 Å². The molecule has 0 spiro atoms. The second kappa shape index (κ2) is 8.33. The molecule has 2 amide bonds. The third-order valence-corrected chi connectivity index (χ3v) is 5.10. The lowest BCUT2D eigenvalue weighted by molar-refractivity contribution is -0.121. The van der Waals surface area contributed by atoms with E-state index in [-0.39, 0.29) is 12.3 Å². The maximum Gasteiger partial charge on any atom is 0.269 e. The number of carbonyl (C=O) groups excluding carboxylic acids is 2. The highest BCUT2D eigenvalue weighted by Gasteiger charge is 2.15. The molecule has 0 fully saturated rings. The van der Waals surface area contributed by atoms with Crippen molar-refractivity contribution in [3.05, 3.63) is 74.6 Å². The summed E-state index contributed by atoms with van der Waals surface area (Å²) in [5, 5.41) is 1.43. The molecule has 0 aliphatic heterocycles. The molecule has 5 nitrogen and oxygen atoms in total. The summed E-state index contributed by atoms with van der Waals surface area (Å²) in [5.74, 6) is -0.714. The highest BCUT2D eigenvalue weighted by molar-refractivity contribution is 7.12. The third-order valence-electron chi connectivity index (χ3n) is 3.87. The molecule has 138 valence electrons. The van der Waals surface area contributed by atoms with Gasteiger partial charge in [-0.15, -0.1) is 11.3 Å². The summed E-state index contributed by atoms with van der Waals surface area (Å²) >= 11 is 7.28. The summed E-state index contributed by atoms with van der Waals surface area (Å²) in [6.07, 6.45) is 0.135. The maximum atomic E-state index is 12.3. The van der Waals surface area contributed by atoms with Gasteiger partial charge < -0.3 is 0 Å². The Hall–Kier alpha value is -2.70. The van der Waals surface area contributed by atoms with Gasteiger partial charge in [-0.1, -0.05) is 41.4 Å². The summed E-state index contributed by atoms with van der Waals surface area (Å²) < 4.78 is 0. The van der Waals surface area contributed by atoms with Crippen LogP contribution in [-0.2, 0) is 11.2 Å². The number of carbonyl (C=O) groups is 2. The summed E-state index contributed by atoms with van der Waals surface area (Å²) in [7, 11) is 0. The van der Waals surface area contributed by atoms with Crippen LogP contribution in [0.5, 0.6) is 0 Å². The number of amides is 2. The first-order chi connectivity index (χ1) is 12.9. The zero-order valence-electron chi connectivity index (χ0n) is 14.9. The highest BCUT2D eigenvalue weighted by atomic mass is 35.5. The fraction of sp³-hybridized carbons (Fsp3) is 0.150. The fourth-order valence-electron chi connectivity index (χ4n) is 2.52. The second-order valence-corrected chi connectivity index (χ2v) is 7.78. The first-order valence-electron chi connectivity index (χ1n) is 8.30. The Kier molecular flexibility index (Phi) is 5.88. The minimum Gasteiger partial charge on any atom is -0.273 e. The fourth-order valence-corrected chi connectivity index (χ4v) is 3.60. The molecular weight excluding hydrogens is 382 g/mol. The zero-order chi connectivity index (χ0) is 19.4. The van der Waals surface area contributed by atoms with Gasteiger partial charge >= 0.3 is 0 Å². The van der Waals surface area contributed by atoms with Gasteiger partial charge in [-0.25, -0.2) is 4.98 Å². The Morgan fingerprint density at radius 1 is 1.00 bits per heavy atom. The van der Waals surface area contributed by atoms with Crippen LogP contribution in [0.1, 0.15) is 25.8 Å². The van der Waals surface area contributed by atoms with Crippen LogP contribution in [0.4, 0.5) is 0 Å². The molecule has 27 heavy (non-hydrogen) atoms. The lowest BCUT2D eigenvalue weighted by Gasteiger charge is -2.08. The minimum absolute atomic E-state index is 0.135. The van der Waals surface area contributed by atoms with Crippen molar-refractivity contribution in [2.45, 2.75) is 20.3 Å². The van der Waals surface area contributed by atoms with Crippen molar-refractivity contribution in [1.82, 2.24) is 15.8 Å². The van der Waals surface area contributed by atoms with Gasteiger partial charge in [0, 0.05) is 21.0 Å². The van der Waals surface area contributed by atoms with Crippen molar-refractivity contribution in [2.75, 3.05) is 0 Å². The van der Waals surface area contributed by atoms with Gasteiger partial charge in [-0.3, -0.25) is 20.4 Å². The molecule has 2 N–H and O–H groups in total. The lowest BCUT2D eigenvalue weighted by atomic mass is 10.1. The number of nitrogens with one attached hydrogen (secondary N) is 2. The van der Waals surface area contributed by atoms with Gasteiger partial charge in [0.05, 0.1) is 17.1 Å². The monoisotopic (exact) mass is 399 g/mol. The number of rotatable bonds is 4. The SMILES string of the molecule is Cc1ccc(-c2nc(C)sc2CC(=O)NNC(=O)c2ccc(Cl)cc2)cc1. The predicted octanol–water partition coefficient (Wildman–Crippen LogP) is 4.08. The van der Waals surface area contributed by atoms with Crippen LogP contribution in [0, 0.1) is 13.8 Å². The van der Waals surface area contributed by atoms with Crippen molar-refractivity contribution in [1.29, 1.82) is 0 Å². The normalized spacial score (nSPS) is 10.5. The maximum absolute atomic E-state index is 12.3. The van der Waals surface area contributed by atoms with Crippen LogP contribution >= 0.6 is 22.9 Å². The van der Waals surface area contributed by atoms with E-state index in [0.29, 0.717) is 10.6 Å². The number of thiazole rings is 1. The molecule has 0 radical (unpaired) electrons. The first kappa shape index (κ1) is 19.1. The van der Waals surface area contributed by atoms with Gasteiger partial charge in [0.2, 0.25) is 5.91 Å². The molecule has 3 aromatic rings.